The van der Waals surface area contributed by atoms with Gasteiger partial charge in [0.2, 0.25) is 0 Å². The Morgan fingerprint density at radius 2 is 2.07 bits per heavy atom. The normalized spacial score (nSPS) is 13.8. The Labute approximate surface area is 177 Å². The van der Waals surface area contributed by atoms with E-state index in [1.165, 1.54) is 0 Å². The highest BCUT2D eigenvalue weighted by Crippen LogP contribution is 2.37. The lowest BCUT2D eigenvalue weighted by Crippen LogP contribution is -2.41. The summed E-state index contributed by atoms with van der Waals surface area (Å²) in [5.41, 5.74) is 1.53. The number of hydrogen-bond acceptors (Lipinski definition) is 5. The van der Waals surface area contributed by atoms with E-state index in [2.05, 4.69) is 45.8 Å². The summed E-state index contributed by atoms with van der Waals surface area (Å²) < 4.78 is 13.9. The minimum atomic E-state index is -1.79. The molecular formula is C21H28ClN3O3Si. The van der Waals surface area contributed by atoms with Gasteiger partial charge in [-0.15, -0.1) is 0 Å². The van der Waals surface area contributed by atoms with Gasteiger partial charge in [-0.2, -0.15) is 5.10 Å². The molecule has 0 saturated heterocycles. The molecule has 0 radical (unpaired) electrons. The van der Waals surface area contributed by atoms with E-state index in [0.29, 0.717) is 29.5 Å². The van der Waals surface area contributed by atoms with Crippen LogP contribution in [0.4, 0.5) is 0 Å². The van der Waals surface area contributed by atoms with Crippen LogP contribution in [0.1, 0.15) is 50.7 Å². The van der Waals surface area contributed by atoms with Crippen molar-refractivity contribution in [3.8, 4) is 11.5 Å². The fourth-order valence-corrected chi connectivity index (χ4v) is 4.11. The fraction of sp³-hybridized carbons (Fsp3) is 0.476. The van der Waals surface area contributed by atoms with Gasteiger partial charge < -0.3 is 8.84 Å². The maximum absolute atomic E-state index is 11.0. The van der Waals surface area contributed by atoms with Crippen molar-refractivity contribution in [3.05, 3.63) is 35.3 Å². The van der Waals surface area contributed by atoms with Gasteiger partial charge in [0.25, 0.3) is 0 Å². The molecule has 1 atom stereocenters. The Hall–Kier alpha value is -1.96. The Morgan fingerprint density at radius 1 is 1.34 bits per heavy atom. The summed E-state index contributed by atoms with van der Waals surface area (Å²) in [6.07, 6.45) is 3.19. The molecule has 156 valence electrons. The van der Waals surface area contributed by atoms with E-state index >= 15 is 0 Å². The molecule has 0 saturated carbocycles. The van der Waals surface area contributed by atoms with Crippen molar-refractivity contribution >= 4 is 37.1 Å². The van der Waals surface area contributed by atoms with Crippen molar-refractivity contribution in [3.63, 3.8) is 0 Å². The van der Waals surface area contributed by atoms with Crippen molar-refractivity contribution in [2.75, 3.05) is 6.61 Å². The second kappa shape index (κ2) is 8.05. The standard InChI is InChI=1S/C21H28ClN3O3Si/c1-14(9-10-27-29(5,6)21(2,3)4)25-17-11-19(22)23-12-16(17)20(24-25)18-8-7-15(13-26)28-18/h7-8,11-14H,9-10H2,1-6H3. The first-order valence-corrected chi connectivity index (χ1v) is 13.1. The molecule has 1 unspecified atom stereocenters. The summed E-state index contributed by atoms with van der Waals surface area (Å²) in [5, 5.41) is 6.19. The molecule has 29 heavy (non-hydrogen) atoms. The van der Waals surface area contributed by atoms with Gasteiger partial charge in [-0.25, -0.2) is 4.98 Å². The topological polar surface area (TPSA) is 70.2 Å². The molecule has 0 aliphatic heterocycles. The average Bonchev–Trinajstić information content (AvgIpc) is 3.24. The smallest absolute Gasteiger partial charge is 0.191 e. The highest BCUT2D eigenvalue weighted by atomic mass is 35.5. The van der Waals surface area contributed by atoms with Crippen LogP contribution in [-0.2, 0) is 4.43 Å². The number of carbonyl (C=O) groups is 1. The number of rotatable bonds is 7. The zero-order valence-corrected chi connectivity index (χ0v) is 19.6. The number of fused-ring (bicyclic) bond motifs is 1. The van der Waals surface area contributed by atoms with Gasteiger partial charge in [0.05, 0.1) is 11.6 Å². The highest BCUT2D eigenvalue weighted by molar-refractivity contribution is 6.74. The molecule has 0 aliphatic rings. The molecule has 0 spiro atoms. The Bertz CT molecular complexity index is 1020. The van der Waals surface area contributed by atoms with Crippen molar-refractivity contribution in [1.29, 1.82) is 0 Å². The van der Waals surface area contributed by atoms with Crippen LogP contribution in [0.3, 0.4) is 0 Å². The van der Waals surface area contributed by atoms with Crippen molar-refractivity contribution < 1.29 is 13.6 Å². The van der Waals surface area contributed by atoms with Crippen LogP contribution in [0.25, 0.3) is 22.4 Å². The van der Waals surface area contributed by atoms with E-state index in [4.69, 9.17) is 25.5 Å². The first kappa shape index (κ1) is 21.7. The first-order chi connectivity index (χ1) is 13.5. The van der Waals surface area contributed by atoms with Crippen LogP contribution >= 0.6 is 11.6 Å². The van der Waals surface area contributed by atoms with Gasteiger partial charge in [0.1, 0.15) is 10.8 Å². The molecule has 6 nitrogen and oxygen atoms in total. The van der Waals surface area contributed by atoms with Crippen LogP contribution in [0.2, 0.25) is 23.3 Å². The van der Waals surface area contributed by atoms with Crippen LogP contribution in [0.5, 0.6) is 0 Å². The molecule has 0 aromatic carbocycles. The SMILES string of the molecule is CC(CCO[Si](C)(C)C(C)(C)C)n1nc(-c2ccc(C=O)o2)c2cnc(Cl)cc21. The maximum Gasteiger partial charge on any atom is 0.191 e. The number of aromatic nitrogens is 3. The molecule has 0 fully saturated rings. The minimum Gasteiger partial charge on any atom is -0.452 e. The summed E-state index contributed by atoms with van der Waals surface area (Å²) in [6.45, 7) is 14.0. The lowest BCUT2D eigenvalue weighted by Gasteiger charge is -2.36. The van der Waals surface area contributed by atoms with Crippen LogP contribution in [0.15, 0.2) is 28.8 Å². The predicted octanol–water partition coefficient (Wildman–Crippen LogP) is 6.13. The summed E-state index contributed by atoms with van der Waals surface area (Å²) in [4.78, 5) is 15.2. The molecule has 3 rings (SSSR count). The lowest BCUT2D eigenvalue weighted by molar-refractivity contribution is 0.110. The number of aldehydes is 1. The summed E-state index contributed by atoms with van der Waals surface area (Å²) in [6, 6.07) is 5.28. The van der Waals surface area contributed by atoms with Crippen molar-refractivity contribution in [2.24, 2.45) is 0 Å². The number of hydrogen-bond donors (Lipinski definition) is 0. The molecule has 8 heteroatoms. The van der Waals surface area contributed by atoms with Gasteiger partial charge in [0.15, 0.2) is 26.1 Å². The Balaban J connectivity index is 1.88. The molecule has 0 aliphatic carbocycles. The summed E-state index contributed by atoms with van der Waals surface area (Å²) in [5.74, 6) is 0.796. The molecule has 3 aromatic rings. The molecule has 0 amide bonds. The third-order valence-corrected chi connectivity index (χ3v) is 10.5. The molecule has 3 aromatic heterocycles. The van der Waals surface area contributed by atoms with Crippen molar-refractivity contribution in [1.82, 2.24) is 14.8 Å². The molecular weight excluding hydrogens is 406 g/mol. The van der Waals surface area contributed by atoms with Gasteiger partial charge in [-0.3, -0.25) is 9.48 Å². The van der Waals surface area contributed by atoms with Crippen molar-refractivity contribution in [2.45, 2.75) is 58.3 Å². The fourth-order valence-electron chi connectivity index (χ4n) is 2.89. The number of furan rings is 1. The Kier molecular flexibility index (Phi) is 6.03. The average molecular weight is 434 g/mol. The number of nitrogens with zero attached hydrogens (tertiary/aromatic N) is 3. The molecule has 3 heterocycles. The van der Waals surface area contributed by atoms with Gasteiger partial charge in [-0.05, 0) is 43.6 Å². The van der Waals surface area contributed by atoms with E-state index in [-0.39, 0.29) is 16.8 Å². The summed E-state index contributed by atoms with van der Waals surface area (Å²) >= 11 is 6.15. The third kappa shape index (κ3) is 4.47. The Morgan fingerprint density at radius 3 is 2.69 bits per heavy atom. The van der Waals surface area contributed by atoms with Gasteiger partial charge >= 0.3 is 0 Å². The largest absolute Gasteiger partial charge is 0.452 e. The van der Waals surface area contributed by atoms with E-state index in [1.54, 1.807) is 18.3 Å². The number of carbonyl (C=O) groups excluding carboxylic acids is 1. The second-order valence-corrected chi connectivity index (χ2v) is 14.1. The van der Waals surface area contributed by atoms with Crippen LogP contribution < -0.4 is 0 Å². The lowest BCUT2D eigenvalue weighted by atomic mass is 10.2. The molecule has 0 bridgehead atoms. The number of halogens is 1. The quantitative estimate of drug-likeness (QED) is 0.254. The van der Waals surface area contributed by atoms with E-state index in [0.717, 1.165) is 17.3 Å². The molecule has 0 N–H and O–H groups in total. The van der Waals surface area contributed by atoms with Gasteiger partial charge in [-0.1, -0.05) is 32.4 Å². The number of pyridine rings is 1. The minimum absolute atomic E-state index is 0.0926. The zero-order chi connectivity index (χ0) is 21.4. The first-order valence-electron chi connectivity index (χ1n) is 9.76. The predicted molar refractivity (Wildman–Crippen MR) is 118 cm³/mol. The van der Waals surface area contributed by atoms with E-state index in [1.807, 2.05) is 10.7 Å². The van der Waals surface area contributed by atoms with E-state index in [9.17, 15) is 4.79 Å². The second-order valence-electron chi connectivity index (χ2n) is 8.88. The van der Waals surface area contributed by atoms with E-state index < -0.39 is 8.32 Å². The highest BCUT2D eigenvalue weighted by Gasteiger charge is 2.37. The third-order valence-electron chi connectivity index (χ3n) is 5.76. The summed E-state index contributed by atoms with van der Waals surface area (Å²) in [7, 11) is -1.79. The zero-order valence-electron chi connectivity index (χ0n) is 17.8. The monoisotopic (exact) mass is 433 g/mol. The van der Waals surface area contributed by atoms with Crippen LogP contribution in [-0.4, -0.2) is 36.0 Å². The van der Waals surface area contributed by atoms with Crippen LogP contribution in [0, 0.1) is 0 Å². The van der Waals surface area contributed by atoms with Gasteiger partial charge in [0, 0.05) is 24.3 Å². The maximum atomic E-state index is 11.0.